The van der Waals surface area contributed by atoms with Crippen molar-refractivity contribution in [2.24, 2.45) is 0 Å². The molecule has 2 aromatic rings. The first-order valence-corrected chi connectivity index (χ1v) is 9.68. The second-order valence-electron chi connectivity index (χ2n) is 6.95. The summed E-state index contributed by atoms with van der Waals surface area (Å²) in [5.74, 6) is -2.95. The third-order valence-electron chi connectivity index (χ3n) is 4.93. The van der Waals surface area contributed by atoms with Crippen molar-refractivity contribution in [2.75, 3.05) is 25.2 Å². The van der Waals surface area contributed by atoms with E-state index in [0.717, 1.165) is 13.2 Å². The molecule has 0 aliphatic carbocycles. The number of non-ortho nitro benzene ring substituents is 1. The van der Waals surface area contributed by atoms with Gasteiger partial charge in [-0.3, -0.25) is 25.0 Å². The third-order valence-corrected chi connectivity index (χ3v) is 4.93. The molecule has 0 atom stereocenters. The van der Waals surface area contributed by atoms with Crippen molar-refractivity contribution < 1.29 is 42.4 Å². The van der Waals surface area contributed by atoms with E-state index in [0.29, 0.717) is 30.2 Å². The van der Waals surface area contributed by atoms with Crippen LogP contribution in [-0.4, -0.2) is 48.6 Å². The zero-order valence-corrected chi connectivity index (χ0v) is 17.6. The highest BCUT2D eigenvalue weighted by Gasteiger charge is 2.29. The average Bonchev–Trinajstić information content (AvgIpc) is 2.80. The summed E-state index contributed by atoms with van der Waals surface area (Å²) in [6, 6.07) is 5.42. The van der Waals surface area contributed by atoms with Gasteiger partial charge in [-0.1, -0.05) is 0 Å². The van der Waals surface area contributed by atoms with Crippen LogP contribution in [0.1, 0.15) is 22.3 Å². The molecule has 0 unspecified atom stereocenters. The smallest absolute Gasteiger partial charge is 0.387 e. The Morgan fingerprint density at radius 1 is 1.12 bits per heavy atom. The Labute approximate surface area is 189 Å². The molecule has 0 saturated heterocycles. The number of ether oxygens (including phenoxy) is 3. The second kappa shape index (κ2) is 10.1. The lowest BCUT2D eigenvalue weighted by atomic mass is 10.0. The van der Waals surface area contributed by atoms with E-state index >= 15 is 0 Å². The van der Waals surface area contributed by atoms with Gasteiger partial charge in [0.15, 0.2) is 18.1 Å². The summed E-state index contributed by atoms with van der Waals surface area (Å²) in [4.78, 5) is 47.3. The summed E-state index contributed by atoms with van der Waals surface area (Å²) in [5.41, 5.74) is -0.635. The van der Waals surface area contributed by atoms with E-state index in [2.05, 4.69) is 4.74 Å². The normalized spacial score (nSPS) is 12.6. The molecule has 180 valence electrons. The molecule has 34 heavy (non-hydrogen) atoms. The molecule has 12 nitrogen and oxygen atoms in total. The lowest BCUT2D eigenvalue weighted by Crippen LogP contribution is -2.38. The molecule has 0 bridgehead atoms. The fourth-order valence-corrected chi connectivity index (χ4v) is 3.45. The van der Waals surface area contributed by atoms with Crippen LogP contribution in [0.5, 0.6) is 11.5 Å². The molecule has 0 N–H and O–H groups in total. The Morgan fingerprint density at radius 3 is 2.47 bits per heavy atom. The van der Waals surface area contributed by atoms with Gasteiger partial charge in [-0.2, -0.15) is 8.78 Å². The quantitative estimate of drug-likeness (QED) is 0.314. The molecular formula is C20H17F2N3O9. The number of nitrogens with zero attached hydrogens (tertiary/aromatic N) is 3. The van der Waals surface area contributed by atoms with Crippen LogP contribution < -0.4 is 14.4 Å². The summed E-state index contributed by atoms with van der Waals surface area (Å²) < 4.78 is 39.1. The van der Waals surface area contributed by atoms with Crippen molar-refractivity contribution in [2.45, 2.75) is 19.5 Å². The lowest BCUT2D eigenvalue weighted by molar-refractivity contribution is -0.385. The summed E-state index contributed by atoms with van der Waals surface area (Å²) >= 11 is 0. The number of benzene rings is 2. The third kappa shape index (κ3) is 5.16. The van der Waals surface area contributed by atoms with E-state index < -0.39 is 51.9 Å². The van der Waals surface area contributed by atoms with Gasteiger partial charge < -0.3 is 19.1 Å². The topological polar surface area (TPSA) is 151 Å². The number of amides is 1. The summed E-state index contributed by atoms with van der Waals surface area (Å²) in [6.07, 6.45) is 1.03. The number of hydrogen-bond acceptors (Lipinski definition) is 9. The lowest BCUT2D eigenvalue weighted by Gasteiger charge is -2.29. The Morgan fingerprint density at radius 2 is 1.85 bits per heavy atom. The predicted molar refractivity (Wildman–Crippen MR) is 110 cm³/mol. The number of nitro groups is 2. The highest BCUT2D eigenvalue weighted by molar-refractivity contribution is 5.99. The van der Waals surface area contributed by atoms with Gasteiger partial charge in [-0.05, 0) is 24.5 Å². The van der Waals surface area contributed by atoms with Crippen molar-refractivity contribution in [3.63, 3.8) is 0 Å². The number of anilines is 1. The van der Waals surface area contributed by atoms with Crippen molar-refractivity contribution in [3.8, 4) is 11.5 Å². The molecule has 0 radical (unpaired) electrons. The number of alkyl halides is 2. The zero-order valence-electron chi connectivity index (χ0n) is 17.6. The number of methoxy groups -OCH3 is 1. The standard InChI is InChI=1S/C20H17F2N3O9/c1-32-16-8-13(15(25(30)31)9-17(16)34-20(21)22)19(27)33-10-18(26)23-6-2-3-11-7-12(24(28)29)4-5-14(11)23/h4-5,7-9,20H,2-3,6,10H2,1H3. The molecule has 0 fully saturated rings. The maximum atomic E-state index is 12.7. The van der Waals surface area contributed by atoms with Crippen LogP contribution in [0.3, 0.4) is 0 Å². The summed E-state index contributed by atoms with van der Waals surface area (Å²) in [5, 5.41) is 22.3. The first-order chi connectivity index (χ1) is 16.1. The van der Waals surface area contributed by atoms with E-state index in [1.54, 1.807) is 0 Å². The van der Waals surface area contributed by atoms with Gasteiger partial charge in [-0.25, -0.2) is 4.79 Å². The Balaban J connectivity index is 1.79. The molecule has 0 saturated carbocycles. The minimum atomic E-state index is -3.29. The van der Waals surface area contributed by atoms with Gasteiger partial charge in [0.25, 0.3) is 17.3 Å². The molecule has 3 rings (SSSR count). The predicted octanol–water partition coefficient (Wildman–Crippen LogP) is 3.25. The van der Waals surface area contributed by atoms with E-state index in [9.17, 15) is 38.6 Å². The molecular weight excluding hydrogens is 464 g/mol. The number of esters is 1. The SMILES string of the molecule is COc1cc(C(=O)OCC(=O)N2CCCc3cc([N+](=O)[O-])ccc32)c([N+](=O)[O-])cc1OC(F)F. The molecule has 1 aliphatic heterocycles. The Kier molecular flexibility index (Phi) is 7.18. The maximum absolute atomic E-state index is 12.7. The van der Waals surface area contributed by atoms with Crippen LogP contribution in [0.2, 0.25) is 0 Å². The number of hydrogen-bond donors (Lipinski definition) is 0. The van der Waals surface area contributed by atoms with E-state index in [1.807, 2.05) is 0 Å². The first kappa shape index (κ1) is 24.3. The summed E-state index contributed by atoms with van der Waals surface area (Å²) in [7, 11) is 1.08. The second-order valence-corrected chi connectivity index (χ2v) is 6.95. The van der Waals surface area contributed by atoms with Gasteiger partial charge in [0.2, 0.25) is 0 Å². The largest absolute Gasteiger partial charge is 0.493 e. The molecule has 2 aromatic carbocycles. The van der Waals surface area contributed by atoms with Gasteiger partial charge in [-0.15, -0.1) is 0 Å². The molecule has 14 heteroatoms. The number of aryl methyl sites for hydroxylation is 1. The van der Waals surface area contributed by atoms with Crippen molar-refractivity contribution in [1.29, 1.82) is 0 Å². The van der Waals surface area contributed by atoms with Crippen LogP contribution in [0.25, 0.3) is 0 Å². The summed E-state index contributed by atoms with van der Waals surface area (Å²) in [6.45, 7) is -3.81. The van der Waals surface area contributed by atoms with Crippen LogP contribution >= 0.6 is 0 Å². The number of nitro benzene ring substituents is 2. The molecule has 0 spiro atoms. The number of fused-ring (bicyclic) bond motifs is 1. The van der Waals surface area contributed by atoms with Crippen LogP contribution in [0, 0.1) is 20.2 Å². The number of carbonyl (C=O) groups is 2. The minimum absolute atomic E-state index is 0.125. The van der Waals surface area contributed by atoms with Gasteiger partial charge in [0.1, 0.15) is 5.56 Å². The van der Waals surface area contributed by atoms with Crippen molar-refractivity contribution in [3.05, 3.63) is 61.7 Å². The van der Waals surface area contributed by atoms with Crippen LogP contribution in [0.15, 0.2) is 30.3 Å². The molecule has 1 heterocycles. The molecule has 1 aliphatic rings. The van der Waals surface area contributed by atoms with Gasteiger partial charge in [0, 0.05) is 30.4 Å². The van der Waals surface area contributed by atoms with Crippen LogP contribution in [0.4, 0.5) is 25.8 Å². The number of halogens is 2. The Bertz CT molecular complexity index is 1160. The number of rotatable bonds is 8. The average molecular weight is 481 g/mol. The van der Waals surface area contributed by atoms with Crippen LogP contribution in [-0.2, 0) is 16.0 Å². The van der Waals surface area contributed by atoms with E-state index in [4.69, 9.17) is 9.47 Å². The monoisotopic (exact) mass is 481 g/mol. The minimum Gasteiger partial charge on any atom is -0.493 e. The van der Waals surface area contributed by atoms with Crippen molar-refractivity contribution in [1.82, 2.24) is 0 Å². The highest BCUT2D eigenvalue weighted by atomic mass is 19.3. The first-order valence-electron chi connectivity index (χ1n) is 9.68. The Hall–Kier alpha value is -4.36. The fourth-order valence-electron chi connectivity index (χ4n) is 3.45. The molecule has 0 aromatic heterocycles. The zero-order chi connectivity index (χ0) is 25.0. The maximum Gasteiger partial charge on any atom is 0.387 e. The number of carbonyl (C=O) groups excluding carboxylic acids is 2. The van der Waals surface area contributed by atoms with Crippen molar-refractivity contribution >= 4 is 28.9 Å². The van der Waals surface area contributed by atoms with E-state index in [-0.39, 0.29) is 18.0 Å². The highest BCUT2D eigenvalue weighted by Crippen LogP contribution is 2.36. The molecule has 1 amide bonds. The van der Waals surface area contributed by atoms with Gasteiger partial charge >= 0.3 is 12.6 Å². The van der Waals surface area contributed by atoms with Gasteiger partial charge in [0.05, 0.1) is 23.0 Å². The van der Waals surface area contributed by atoms with E-state index in [1.165, 1.54) is 23.1 Å². The fraction of sp³-hybridized carbons (Fsp3) is 0.300.